The lowest BCUT2D eigenvalue weighted by atomic mass is 10.0. The molecule has 0 aliphatic carbocycles. The lowest BCUT2D eigenvalue weighted by Crippen LogP contribution is -2.36. The number of hydrogen-bond acceptors (Lipinski definition) is 5. The highest BCUT2D eigenvalue weighted by Gasteiger charge is 2.28. The predicted octanol–water partition coefficient (Wildman–Crippen LogP) is 3.74. The molecule has 130 valence electrons. The quantitative estimate of drug-likeness (QED) is 0.670. The van der Waals surface area contributed by atoms with Crippen molar-refractivity contribution in [1.82, 2.24) is 5.32 Å². The number of nitrogens with one attached hydrogen (secondary N) is 1. The number of rotatable bonds is 3. The minimum absolute atomic E-state index is 0.217. The highest BCUT2D eigenvalue weighted by atomic mass is 127. The Hall–Kier alpha value is -1.34. The van der Waals surface area contributed by atoms with Crippen molar-refractivity contribution >= 4 is 56.4 Å². The molecule has 3 rings (SSSR count). The molecule has 0 bridgehead atoms. The zero-order valence-electron chi connectivity index (χ0n) is 13.4. The van der Waals surface area contributed by atoms with E-state index in [1.165, 1.54) is 11.3 Å². The van der Waals surface area contributed by atoms with Gasteiger partial charge < -0.3 is 15.0 Å². The Morgan fingerprint density at radius 1 is 1.44 bits per heavy atom. The van der Waals surface area contributed by atoms with Gasteiger partial charge in [-0.2, -0.15) is 5.26 Å². The van der Waals surface area contributed by atoms with E-state index < -0.39 is 0 Å². The molecule has 8 heteroatoms. The summed E-state index contributed by atoms with van der Waals surface area (Å²) in [4.78, 5) is 15.1. The maximum Gasteiger partial charge on any atom is 0.261 e. The Morgan fingerprint density at radius 2 is 2.16 bits per heavy atom. The molecular weight excluding hydrogens is 473 g/mol. The molecule has 1 aromatic heterocycles. The molecule has 0 atom stereocenters. The van der Waals surface area contributed by atoms with Crippen LogP contribution in [-0.4, -0.2) is 39.3 Å². The van der Waals surface area contributed by atoms with Gasteiger partial charge in [0.05, 0.1) is 23.8 Å². The first kappa shape index (κ1) is 18.5. The van der Waals surface area contributed by atoms with Gasteiger partial charge in [-0.1, -0.05) is 23.7 Å². The first-order valence-electron chi connectivity index (χ1n) is 7.64. The van der Waals surface area contributed by atoms with Crippen molar-refractivity contribution in [3.05, 3.63) is 37.2 Å². The molecule has 1 saturated heterocycles. The van der Waals surface area contributed by atoms with Crippen LogP contribution in [0.3, 0.4) is 0 Å². The minimum Gasteiger partial charge on any atom is -0.378 e. The second kappa shape index (κ2) is 7.91. The normalized spacial score (nSPS) is 14.2. The molecule has 0 unspecified atom stereocenters. The Balaban J connectivity index is 2.25. The average molecular weight is 488 g/mol. The first-order valence-corrected chi connectivity index (χ1v) is 9.91. The van der Waals surface area contributed by atoms with Gasteiger partial charge in [-0.3, -0.25) is 4.79 Å². The van der Waals surface area contributed by atoms with E-state index in [4.69, 9.17) is 16.3 Å². The van der Waals surface area contributed by atoms with Gasteiger partial charge in [0.2, 0.25) is 0 Å². The monoisotopic (exact) mass is 487 g/mol. The summed E-state index contributed by atoms with van der Waals surface area (Å²) in [6, 6.07) is 7.92. The zero-order valence-corrected chi connectivity index (χ0v) is 17.2. The predicted molar refractivity (Wildman–Crippen MR) is 109 cm³/mol. The topological polar surface area (TPSA) is 65.4 Å². The summed E-state index contributed by atoms with van der Waals surface area (Å²) in [5.41, 5.74) is 1.81. The van der Waals surface area contributed by atoms with Crippen molar-refractivity contribution in [1.29, 1.82) is 5.26 Å². The molecule has 2 aromatic rings. The molecule has 1 amide bonds. The number of halogens is 2. The molecule has 5 nitrogen and oxygen atoms in total. The Morgan fingerprint density at radius 3 is 2.80 bits per heavy atom. The second-order valence-electron chi connectivity index (χ2n) is 5.38. The average Bonchev–Trinajstić information content (AvgIpc) is 3.03. The van der Waals surface area contributed by atoms with Gasteiger partial charge >= 0.3 is 0 Å². The number of benzene rings is 1. The molecule has 0 radical (unpaired) electrons. The van der Waals surface area contributed by atoms with E-state index in [2.05, 4.69) is 38.9 Å². The van der Waals surface area contributed by atoms with E-state index in [0.717, 1.165) is 8.57 Å². The van der Waals surface area contributed by atoms with Gasteiger partial charge in [0.15, 0.2) is 0 Å². The smallest absolute Gasteiger partial charge is 0.261 e. The summed E-state index contributed by atoms with van der Waals surface area (Å²) in [7, 11) is 1.59. The highest BCUT2D eigenvalue weighted by molar-refractivity contribution is 14.1. The fourth-order valence-electron chi connectivity index (χ4n) is 2.74. The van der Waals surface area contributed by atoms with Crippen LogP contribution in [0.4, 0.5) is 5.00 Å². The second-order valence-corrected chi connectivity index (χ2v) is 7.92. The van der Waals surface area contributed by atoms with E-state index in [-0.39, 0.29) is 5.91 Å². The van der Waals surface area contributed by atoms with Gasteiger partial charge in [-0.15, -0.1) is 11.3 Å². The standard InChI is InChI=1S/C17H15ClIN3O2S/c1-21-16(23)15-13(10-3-2-4-12(19)14(10)18)11(9-20)17(25-15)22-5-7-24-8-6-22/h2-4H,5-8H2,1H3,(H,21,23). The van der Waals surface area contributed by atoms with Crippen LogP contribution in [0, 0.1) is 14.9 Å². The number of nitrogens with zero attached hydrogens (tertiary/aromatic N) is 2. The molecule has 1 aliphatic rings. The molecule has 1 aliphatic heterocycles. The van der Waals surface area contributed by atoms with Crippen molar-refractivity contribution in [3.63, 3.8) is 0 Å². The molecule has 25 heavy (non-hydrogen) atoms. The molecule has 2 heterocycles. The third-order valence-electron chi connectivity index (χ3n) is 3.95. The fourth-order valence-corrected chi connectivity index (χ4v) is 4.72. The highest BCUT2D eigenvalue weighted by Crippen LogP contribution is 2.44. The number of nitriles is 1. The number of anilines is 1. The number of thiophene rings is 1. The Bertz CT molecular complexity index is 856. The lowest BCUT2D eigenvalue weighted by Gasteiger charge is -2.27. The van der Waals surface area contributed by atoms with Crippen LogP contribution in [0.25, 0.3) is 11.1 Å². The lowest BCUT2D eigenvalue weighted by molar-refractivity contribution is 0.0967. The van der Waals surface area contributed by atoms with Crippen molar-refractivity contribution in [2.75, 3.05) is 38.3 Å². The number of ether oxygens (including phenoxy) is 1. The number of carbonyl (C=O) groups excluding carboxylic acids is 1. The molecule has 0 spiro atoms. The maximum absolute atomic E-state index is 12.5. The van der Waals surface area contributed by atoms with Crippen LogP contribution < -0.4 is 10.2 Å². The summed E-state index contributed by atoms with van der Waals surface area (Å²) >= 11 is 9.98. The van der Waals surface area contributed by atoms with E-state index in [1.807, 2.05) is 18.2 Å². The molecule has 1 fully saturated rings. The van der Waals surface area contributed by atoms with Gasteiger partial charge in [0.1, 0.15) is 15.9 Å². The maximum atomic E-state index is 12.5. The van der Waals surface area contributed by atoms with Crippen LogP contribution in [0.1, 0.15) is 15.2 Å². The van der Waals surface area contributed by atoms with Crippen LogP contribution in [-0.2, 0) is 4.74 Å². The number of morpholine rings is 1. The van der Waals surface area contributed by atoms with E-state index in [1.54, 1.807) is 7.05 Å². The summed E-state index contributed by atoms with van der Waals surface area (Å²) in [5.74, 6) is -0.217. The van der Waals surface area contributed by atoms with Crippen LogP contribution in [0.15, 0.2) is 18.2 Å². The van der Waals surface area contributed by atoms with Gasteiger partial charge in [-0.05, 0) is 28.7 Å². The SMILES string of the molecule is CNC(=O)c1sc(N2CCOCC2)c(C#N)c1-c1cccc(I)c1Cl. The van der Waals surface area contributed by atoms with E-state index in [9.17, 15) is 10.1 Å². The van der Waals surface area contributed by atoms with Crippen LogP contribution >= 0.6 is 45.5 Å². The number of carbonyl (C=O) groups is 1. The van der Waals surface area contributed by atoms with Crippen molar-refractivity contribution in [2.24, 2.45) is 0 Å². The molecule has 1 aromatic carbocycles. The van der Waals surface area contributed by atoms with Crippen molar-refractivity contribution in [2.45, 2.75) is 0 Å². The molecular formula is C17H15ClIN3O2S. The summed E-state index contributed by atoms with van der Waals surface area (Å²) in [6.45, 7) is 2.61. The number of amides is 1. The minimum atomic E-state index is -0.217. The summed E-state index contributed by atoms with van der Waals surface area (Å²) in [6.07, 6.45) is 0. The number of hydrogen-bond donors (Lipinski definition) is 1. The van der Waals surface area contributed by atoms with Crippen molar-refractivity contribution < 1.29 is 9.53 Å². The summed E-state index contributed by atoms with van der Waals surface area (Å²) in [5, 5.41) is 13.9. The van der Waals surface area contributed by atoms with Crippen molar-refractivity contribution in [3.8, 4) is 17.2 Å². The van der Waals surface area contributed by atoms with Crippen LogP contribution in [0.5, 0.6) is 0 Å². The van der Waals surface area contributed by atoms with Gasteiger partial charge in [0, 0.05) is 34.8 Å². The third-order valence-corrected chi connectivity index (χ3v) is 6.83. The largest absolute Gasteiger partial charge is 0.378 e. The zero-order chi connectivity index (χ0) is 18.0. The molecule has 1 N–H and O–H groups in total. The fraction of sp³-hybridized carbons (Fsp3) is 0.294. The Kier molecular flexibility index (Phi) is 5.84. The van der Waals surface area contributed by atoms with Gasteiger partial charge in [0.25, 0.3) is 5.91 Å². The third kappa shape index (κ3) is 3.49. The van der Waals surface area contributed by atoms with E-state index in [0.29, 0.717) is 52.9 Å². The first-order chi connectivity index (χ1) is 12.1. The molecule has 0 saturated carbocycles. The summed E-state index contributed by atoms with van der Waals surface area (Å²) < 4.78 is 6.28. The van der Waals surface area contributed by atoms with Gasteiger partial charge in [-0.25, -0.2) is 0 Å². The van der Waals surface area contributed by atoms with Crippen LogP contribution in [0.2, 0.25) is 5.02 Å². The Labute approximate surface area is 168 Å². The van der Waals surface area contributed by atoms with E-state index >= 15 is 0 Å².